The van der Waals surface area contributed by atoms with Crippen molar-refractivity contribution in [2.45, 2.75) is 45.8 Å². The zero-order valence-electron chi connectivity index (χ0n) is 15.3. The van der Waals surface area contributed by atoms with Crippen LogP contribution in [0, 0.1) is 5.82 Å². The SMILES string of the molecule is CC(=O)SCC(=Cc1cc(C(=O)O)c(F)cn1)B1OC(C)(C)C(C)(C)O1. The second-order valence-electron chi connectivity index (χ2n) is 6.98. The summed E-state index contributed by atoms with van der Waals surface area (Å²) in [5, 5.41) is 8.98. The summed E-state index contributed by atoms with van der Waals surface area (Å²) < 4.78 is 25.6. The minimum atomic E-state index is -1.38. The van der Waals surface area contributed by atoms with Gasteiger partial charge in [0, 0.05) is 12.7 Å². The molecule has 2 rings (SSSR count). The van der Waals surface area contributed by atoms with E-state index in [-0.39, 0.29) is 16.6 Å². The molecule has 6 nitrogen and oxygen atoms in total. The number of thioether (sulfide) groups is 1. The van der Waals surface area contributed by atoms with E-state index in [0.29, 0.717) is 5.47 Å². The second kappa shape index (κ2) is 7.50. The van der Waals surface area contributed by atoms with Gasteiger partial charge in [0.2, 0.25) is 0 Å². The van der Waals surface area contributed by atoms with Crippen LogP contribution in [0.15, 0.2) is 17.7 Å². The summed E-state index contributed by atoms with van der Waals surface area (Å²) >= 11 is 1.07. The first kappa shape index (κ1) is 20.6. The van der Waals surface area contributed by atoms with Crippen LogP contribution in [0.4, 0.5) is 4.39 Å². The Morgan fingerprint density at radius 2 is 1.88 bits per heavy atom. The molecule has 0 aliphatic carbocycles. The molecule has 2 heterocycles. The molecule has 0 amide bonds. The highest BCUT2D eigenvalue weighted by Crippen LogP contribution is 2.39. The van der Waals surface area contributed by atoms with Crippen molar-refractivity contribution in [2.75, 3.05) is 5.75 Å². The van der Waals surface area contributed by atoms with Gasteiger partial charge in [0.1, 0.15) is 0 Å². The quantitative estimate of drug-likeness (QED) is 0.784. The largest absolute Gasteiger partial charge is 0.491 e. The van der Waals surface area contributed by atoms with Crippen molar-refractivity contribution in [1.82, 2.24) is 4.98 Å². The van der Waals surface area contributed by atoms with Crippen LogP contribution >= 0.6 is 11.8 Å². The lowest BCUT2D eigenvalue weighted by molar-refractivity contribution is -0.109. The van der Waals surface area contributed by atoms with Crippen LogP contribution in [0.1, 0.15) is 50.7 Å². The van der Waals surface area contributed by atoms with Gasteiger partial charge in [-0.1, -0.05) is 11.8 Å². The summed E-state index contributed by atoms with van der Waals surface area (Å²) in [7, 11) is -0.716. The van der Waals surface area contributed by atoms with Gasteiger partial charge >= 0.3 is 13.1 Å². The van der Waals surface area contributed by atoms with Gasteiger partial charge in [-0.2, -0.15) is 0 Å². The third-order valence-electron chi connectivity index (χ3n) is 4.44. The van der Waals surface area contributed by atoms with Crippen LogP contribution in [-0.2, 0) is 14.1 Å². The second-order valence-corrected chi connectivity index (χ2v) is 8.13. The van der Waals surface area contributed by atoms with E-state index < -0.39 is 35.7 Å². The van der Waals surface area contributed by atoms with Crippen LogP contribution in [0.25, 0.3) is 6.08 Å². The molecular weight excluding hydrogens is 360 g/mol. The summed E-state index contributed by atoms with van der Waals surface area (Å²) in [5.74, 6) is -2.01. The number of carbonyl (C=O) groups is 2. The van der Waals surface area contributed by atoms with Crippen molar-refractivity contribution in [2.24, 2.45) is 0 Å². The topological polar surface area (TPSA) is 85.7 Å². The Hall–Kier alpha value is -1.71. The fourth-order valence-electron chi connectivity index (χ4n) is 2.24. The molecule has 0 bridgehead atoms. The van der Waals surface area contributed by atoms with Crippen molar-refractivity contribution >= 4 is 36.0 Å². The summed E-state index contributed by atoms with van der Waals surface area (Å²) in [4.78, 5) is 26.4. The number of nitrogens with zero attached hydrogens (tertiary/aromatic N) is 1. The Labute approximate surface area is 156 Å². The van der Waals surface area contributed by atoms with Gasteiger partial charge in [0.25, 0.3) is 0 Å². The lowest BCUT2D eigenvalue weighted by Gasteiger charge is -2.32. The maximum Gasteiger partial charge on any atom is 0.491 e. The van der Waals surface area contributed by atoms with E-state index >= 15 is 0 Å². The third-order valence-corrected chi connectivity index (χ3v) is 5.32. The number of carboxylic acids is 1. The van der Waals surface area contributed by atoms with E-state index in [1.165, 1.54) is 6.92 Å². The molecular formula is C17H21BFNO5S. The van der Waals surface area contributed by atoms with Gasteiger partial charge in [-0.25, -0.2) is 9.18 Å². The molecule has 1 aliphatic heterocycles. The summed E-state index contributed by atoms with van der Waals surface area (Å²) in [5.41, 5.74) is -0.754. The molecule has 0 unspecified atom stereocenters. The lowest BCUT2D eigenvalue weighted by atomic mass is 9.78. The maximum atomic E-state index is 13.6. The Bertz CT molecular complexity index is 750. The molecule has 1 N–H and O–H groups in total. The number of aromatic nitrogens is 1. The number of carbonyl (C=O) groups excluding carboxylic acids is 1. The number of hydrogen-bond donors (Lipinski definition) is 1. The highest BCUT2D eigenvalue weighted by Gasteiger charge is 2.52. The zero-order chi connectivity index (χ0) is 19.7. The monoisotopic (exact) mass is 381 g/mol. The van der Waals surface area contributed by atoms with Crippen LogP contribution in [0.2, 0.25) is 0 Å². The molecule has 1 aromatic heterocycles. The number of halogens is 1. The molecule has 1 saturated heterocycles. The highest BCUT2D eigenvalue weighted by molar-refractivity contribution is 8.13. The Kier molecular flexibility index (Phi) is 5.94. The molecule has 1 aromatic rings. The molecule has 9 heteroatoms. The number of aromatic carboxylic acids is 1. The number of rotatable bonds is 5. The smallest absolute Gasteiger partial charge is 0.478 e. The van der Waals surface area contributed by atoms with E-state index in [1.807, 2.05) is 27.7 Å². The first-order valence-electron chi connectivity index (χ1n) is 8.01. The van der Waals surface area contributed by atoms with Crippen molar-refractivity contribution in [3.05, 3.63) is 34.8 Å². The van der Waals surface area contributed by atoms with E-state index in [9.17, 15) is 14.0 Å². The molecule has 0 atom stereocenters. The van der Waals surface area contributed by atoms with Gasteiger partial charge in [0.15, 0.2) is 10.9 Å². The summed E-state index contributed by atoms with van der Waals surface area (Å²) in [6, 6.07) is 1.14. The molecule has 1 aliphatic rings. The molecule has 0 radical (unpaired) electrons. The van der Waals surface area contributed by atoms with Gasteiger partial charge < -0.3 is 14.4 Å². The Morgan fingerprint density at radius 1 is 1.31 bits per heavy atom. The number of pyridine rings is 1. The fourth-order valence-corrected chi connectivity index (χ4v) is 2.83. The highest BCUT2D eigenvalue weighted by atomic mass is 32.2. The predicted molar refractivity (Wildman–Crippen MR) is 98.4 cm³/mol. The molecule has 0 spiro atoms. The summed E-state index contributed by atoms with van der Waals surface area (Å²) in [6.07, 6.45) is 2.43. The van der Waals surface area contributed by atoms with E-state index in [2.05, 4.69) is 4.98 Å². The average molecular weight is 381 g/mol. The van der Waals surface area contributed by atoms with E-state index in [1.54, 1.807) is 6.08 Å². The predicted octanol–water partition coefficient (Wildman–Crippen LogP) is 3.21. The zero-order valence-corrected chi connectivity index (χ0v) is 16.1. The molecule has 0 saturated carbocycles. The van der Waals surface area contributed by atoms with Crippen LogP contribution in [0.3, 0.4) is 0 Å². The van der Waals surface area contributed by atoms with E-state index in [4.69, 9.17) is 14.4 Å². The molecule has 140 valence electrons. The van der Waals surface area contributed by atoms with Gasteiger partial charge in [-0.15, -0.1) is 0 Å². The Morgan fingerprint density at radius 3 is 2.38 bits per heavy atom. The molecule has 26 heavy (non-hydrogen) atoms. The maximum absolute atomic E-state index is 13.6. The average Bonchev–Trinajstić information content (AvgIpc) is 2.72. The van der Waals surface area contributed by atoms with E-state index in [0.717, 1.165) is 24.0 Å². The number of carboxylic acid groups (broad SMARTS) is 1. The minimum absolute atomic E-state index is 0.0780. The first-order valence-corrected chi connectivity index (χ1v) is 9.00. The Balaban J connectivity index is 2.39. The minimum Gasteiger partial charge on any atom is -0.478 e. The molecule has 1 fully saturated rings. The molecule has 0 aromatic carbocycles. The summed E-state index contributed by atoms with van der Waals surface area (Å²) in [6.45, 7) is 9.07. The van der Waals surface area contributed by atoms with Crippen LogP contribution < -0.4 is 0 Å². The van der Waals surface area contributed by atoms with Crippen molar-refractivity contribution in [3.63, 3.8) is 0 Å². The van der Waals surface area contributed by atoms with Crippen molar-refractivity contribution < 1.29 is 28.4 Å². The number of hydrogen-bond acceptors (Lipinski definition) is 6. The first-order chi connectivity index (χ1) is 11.9. The normalized spacial score (nSPS) is 18.8. The van der Waals surface area contributed by atoms with Gasteiger partial charge in [-0.05, 0) is 45.3 Å². The van der Waals surface area contributed by atoms with Gasteiger partial charge in [0.05, 0.1) is 28.7 Å². The lowest BCUT2D eigenvalue weighted by Crippen LogP contribution is -2.41. The fraction of sp³-hybridized carbons (Fsp3) is 0.471. The van der Waals surface area contributed by atoms with Crippen molar-refractivity contribution in [3.8, 4) is 0 Å². The third kappa shape index (κ3) is 4.52. The standard InChI is InChI=1S/C17H21BFNO5S/c1-10(21)26-9-11(18-24-16(2,3)17(4,5)25-18)6-12-7-13(15(22)23)14(19)8-20-12/h6-8H,9H2,1-5H3,(H,22,23). The van der Waals surface area contributed by atoms with Crippen LogP contribution in [0.5, 0.6) is 0 Å². The van der Waals surface area contributed by atoms with Crippen molar-refractivity contribution in [1.29, 1.82) is 0 Å². The van der Waals surface area contributed by atoms with Gasteiger partial charge in [-0.3, -0.25) is 9.78 Å². The van der Waals surface area contributed by atoms with Crippen LogP contribution in [-0.4, -0.2) is 45.2 Å².